The summed E-state index contributed by atoms with van der Waals surface area (Å²) < 4.78 is 2.09. The van der Waals surface area contributed by atoms with Gasteiger partial charge in [-0.1, -0.05) is 0 Å². The summed E-state index contributed by atoms with van der Waals surface area (Å²) in [6.45, 7) is 3.97. The van der Waals surface area contributed by atoms with E-state index in [1.54, 1.807) is 0 Å². The molecule has 0 radical (unpaired) electrons. The first-order chi connectivity index (χ1) is 9.02. The minimum atomic E-state index is -0.166. The smallest absolute Gasteiger partial charge is 0.315 e. The number of hydrogen-bond donors (Lipinski definition) is 3. The minimum Gasteiger partial charge on any atom is -0.396 e. The summed E-state index contributed by atoms with van der Waals surface area (Å²) >= 11 is 0. The Kier molecular flexibility index (Phi) is 6.42. The highest BCUT2D eigenvalue weighted by Crippen LogP contribution is 2.05. The van der Waals surface area contributed by atoms with E-state index in [0.29, 0.717) is 6.42 Å². The standard InChI is InChI=1S/C14H25N3O2/c1-11(6-7-13-5-4-9-17(13)3)15-14(19)16-12(2)8-10-18/h4-5,9,11-12,18H,6-8,10H2,1-3H3,(H2,15,16,19)/t11?,12-/m1/s1. The van der Waals surface area contributed by atoms with E-state index in [9.17, 15) is 4.79 Å². The average molecular weight is 267 g/mol. The Bertz CT molecular complexity index is 390. The van der Waals surface area contributed by atoms with Gasteiger partial charge in [0.05, 0.1) is 0 Å². The van der Waals surface area contributed by atoms with Crippen LogP contribution in [0.1, 0.15) is 32.4 Å². The number of urea groups is 1. The normalized spacial score (nSPS) is 13.9. The second-order valence-electron chi connectivity index (χ2n) is 5.08. The number of nitrogens with one attached hydrogen (secondary N) is 2. The molecule has 0 aliphatic rings. The monoisotopic (exact) mass is 267 g/mol. The average Bonchev–Trinajstić information content (AvgIpc) is 2.72. The molecule has 1 rings (SSSR count). The van der Waals surface area contributed by atoms with Crippen LogP contribution in [0, 0.1) is 0 Å². The lowest BCUT2D eigenvalue weighted by molar-refractivity contribution is 0.227. The molecule has 1 unspecified atom stereocenters. The van der Waals surface area contributed by atoms with Crippen LogP contribution in [0.5, 0.6) is 0 Å². The van der Waals surface area contributed by atoms with Crippen molar-refractivity contribution in [3.05, 3.63) is 24.0 Å². The van der Waals surface area contributed by atoms with E-state index < -0.39 is 0 Å². The van der Waals surface area contributed by atoms with Gasteiger partial charge in [0.15, 0.2) is 0 Å². The highest BCUT2D eigenvalue weighted by molar-refractivity contribution is 5.74. The van der Waals surface area contributed by atoms with Crippen LogP contribution in [0.2, 0.25) is 0 Å². The number of aryl methyl sites for hydroxylation is 2. The van der Waals surface area contributed by atoms with Crippen molar-refractivity contribution in [3.63, 3.8) is 0 Å². The third-order valence-corrected chi connectivity index (χ3v) is 3.20. The van der Waals surface area contributed by atoms with Crippen LogP contribution in [0.4, 0.5) is 4.79 Å². The molecule has 19 heavy (non-hydrogen) atoms. The zero-order chi connectivity index (χ0) is 14.3. The molecule has 2 atom stereocenters. The minimum absolute atomic E-state index is 0.00919. The topological polar surface area (TPSA) is 66.3 Å². The molecule has 0 spiro atoms. The summed E-state index contributed by atoms with van der Waals surface area (Å²) in [5.41, 5.74) is 1.27. The molecule has 0 bridgehead atoms. The van der Waals surface area contributed by atoms with E-state index in [1.807, 2.05) is 33.2 Å². The van der Waals surface area contributed by atoms with Crippen molar-refractivity contribution < 1.29 is 9.90 Å². The third kappa shape index (κ3) is 5.79. The predicted molar refractivity (Wildman–Crippen MR) is 76.0 cm³/mol. The summed E-state index contributed by atoms with van der Waals surface area (Å²) in [7, 11) is 2.02. The van der Waals surface area contributed by atoms with Crippen LogP contribution in [0.25, 0.3) is 0 Å². The molecular weight excluding hydrogens is 242 g/mol. The van der Waals surface area contributed by atoms with Gasteiger partial charge in [-0.3, -0.25) is 0 Å². The molecule has 0 saturated heterocycles. The lowest BCUT2D eigenvalue weighted by Crippen LogP contribution is -2.44. The molecule has 1 aromatic heterocycles. The van der Waals surface area contributed by atoms with Crippen molar-refractivity contribution in [1.29, 1.82) is 0 Å². The van der Waals surface area contributed by atoms with Crippen molar-refractivity contribution in [3.8, 4) is 0 Å². The van der Waals surface area contributed by atoms with Crippen LogP contribution in [0.3, 0.4) is 0 Å². The Morgan fingerprint density at radius 1 is 1.32 bits per heavy atom. The fourth-order valence-electron chi connectivity index (χ4n) is 1.95. The van der Waals surface area contributed by atoms with Gasteiger partial charge in [0.25, 0.3) is 0 Å². The first-order valence-corrected chi connectivity index (χ1v) is 6.81. The fraction of sp³-hybridized carbons (Fsp3) is 0.643. The molecule has 1 aromatic rings. The maximum absolute atomic E-state index is 11.7. The van der Waals surface area contributed by atoms with Gasteiger partial charge in [-0.25, -0.2) is 4.79 Å². The van der Waals surface area contributed by atoms with Gasteiger partial charge in [-0.2, -0.15) is 0 Å². The fourth-order valence-corrected chi connectivity index (χ4v) is 1.95. The molecule has 0 fully saturated rings. The largest absolute Gasteiger partial charge is 0.396 e. The van der Waals surface area contributed by atoms with Crippen LogP contribution < -0.4 is 10.6 Å². The molecular formula is C14H25N3O2. The Hall–Kier alpha value is -1.49. The van der Waals surface area contributed by atoms with Crippen molar-refractivity contribution >= 4 is 6.03 Å². The highest BCUT2D eigenvalue weighted by atomic mass is 16.3. The molecule has 2 amide bonds. The molecule has 0 aliphatic carbocycles. The van der Waals surface area contributed by atoms with Crippen LogP contribution in [-0.4, -0.2) is 34.4 Å². The number of nitrogens with zero attached hydrogens (tertiary/aromatic N) is 1. The SMILES string of the molecule is CC(CCc1cccn1C)NC(=O)N[C@H](C)CCO. The van der Waals surface area contributed by atoms with Gasteiger partial charge in [0.2, 0.25) is 0 Å². The van der Waals surface area contributed by atoms with Crippen molar-refractivity contribution in [2.75, 3.05) is 6.61 Å². The van der Waals surface area contributed by atoms with Gasteiger partial charge < -0.3 is 20.3 Å². The predicted octanol–water partition coefficient (Wildman–Crippen LogP) is 1.42. The first kappa shape index (κ1) is 15.6. The molecule has 5 nitrogen and oxygen atoms in total. The van der Waals surface area contributed by atoms with Crippen molar-refractivity contribution in [1.82, 2.24) is 15.2 Å². The summed E-state index contributed by atoms with van der Waals surface area (Å²) in [5.74, 6) is 0. The van der Waals surface area contributed by atoms with E-state index in [1.165, 1.54) is 5.69 Å². The molecule has 0 saturated carbocycles. The van der Waals surface area contributed by atoms with Crippen LogP contribution >= 0.6 is 0 Å². The molecule has 0 aromatic carbocycles. The highest BCUT2D eigenvalue weighted by Gasteiger charge is 2.10. The number of hydrogen-bond acceptors (Lipinski definition) is 2. The van der Waals surface area contributed by atoms with Gasteiger partial charge in [-0.05, 0) is 45.2 Å². The van der Waals surface area contributed by atoms with Gasteiger partial charge in [-0.15, -0.1) is 0 Å². The third-order valence-electron chi connectivity index (χ3n) is 3.20. The van der Waals surface area contributed by atoms with Gasteiger partial charge in [0.1, 0.15) is 0 Å². The van der Waals surface area contributed by atoms with Crippen LogP contribution in [-0.2, 0) is 13.5 Å². The summed E-state index contributed by atoms with van der Waals surface area (Å²) in [5, 5.41) is 14.5. The number of aromatic nitrogens is 1. The second-order valence-corrected chi connectivity index (χ2v) is 5.08. The first-order valence-electron chi connectivity index (χ1n) is 6.81. The zero-order valence-electron chi connectivity index (χ0n) is 12.0. The van der Waals surface area contributed by atoms with E-state index >= 15 is 0 Å². The van der Waals surface area contributed by atoms with Gasteiger partial charge in [0, 0.05) is 37.6 Å². The van der Waals surface area contributed by atoms with E-state index in [4.69, 9.17) is 5.11 Å². The lowest BCUT2D eigenvalue weighted by Gasteiger charge is -2.17. The maximum atomic E-state index is 11.7. The van der Waals surface area contributed by atoms with Gasteiger partial charge >= 0.3 is 6.03 Å². The quantitative estimate of drug-likeness (QED) is 0.699. The maximum Gasteiger partial charge on any atom is 0.315 e. The number of amides is 2. The second kappa shape index (κ2) is 7.84. The molecule has 5 heteroatoms. The number of aliphatic hydroxyl groups is 1. The summed E-state index contributed by atoms with van der Waals surface area (Å²) in [6.07, 6.45) is 4.44. The molecule has 108 valence electrons. The Labute approximate surface area is 115 Å². The Morgan fingerprint density at radius 3 is 2.47 bits per heavy atom. The number of aliphatic hydroxyl groups excluding tert-OH is 1. The summed E-state index contributed by atoms with van der Waals surface area (Å²) in [6, 6.07) is 4.06. The Morgan fingerprint density at radius 2 is 1.95 bits per heavy atom. The van der Waals surface area contributed by atoms with Crippen molar-refractivity contribution in [2.45, 2.75) is 45.2 Å². The number of rotatable bonds is 7. The van der Waals surface area contributed by atoms with Crippen LogP contribution in [0.15, 0.2) is 18.3 Å². The number of carbonyl (C=O) groups is 1. The molecule has 1 heterocycles. The van der Waals surface area contributed by atoms with Crippen molar-refractivity contribution in [2.24, 2.45) is 7.05 Å². The number of carbonyl (C=O) groups excluding carboxylic acids is 1. The van der Waals surface area contributed by atoms with E-state index in [-0.39, 0.29) is 24.7 Å². The summed E-state index contributed by atoms with van der Waals surface area (Å²) in [4.78, 5) is 11.7. The zero-order valence-corrected chi connectivity index (χ0v) is 12.0. The van der Waals surface area contributed by atoms with E-state index in [0.717, 1.165) is 12.8 Å². The molecule has 3 N–H and O–H groups in total. The lowest BCUT2D eigenvalue weighted by atomic mass is 10.1. The Balaban J connectivity index is 2.25. The molecule has 0 aliphatic heterocycles. The van der Waals surface area contributed by atoms with E-state index in [2.05, 4.69) is 21.3 Å².